The highest BCUT2D eigenvalue weighted by atomic mass is 79.9. The quantitative estimate of drug-likeness (QED) is 0.265. The molecule has 1 amide bonds. The van der Waals surface area contributed by atoms with Crippen molar-refractivity contribution in [2.75, 3.05) is 7.11 Å². The van der Waals surface area contributed by atoms with E-state index >= 15 is 0 Å². The first-order valence-electron chi connectivity index (χ1n) is 8.90. The third-order valence-corrected chi connectivity index (χ3v) is 5.49. The van der Waals surface area contributed by atoms with E-state index in [0.29, 0.717) is 38.2 Å². The van der Waals surface area contributed by atoms with Gasteiger partial charge in [-0.25, -0.2) is 5.43 Å². The van der Waals surface area contributed by atoms with Crippen LogP contribution in [0.15, 0.2) is 64.2 Å². The molecule has 0 spiro atoms. The van der Waals surface area contributed by atoms with Crippen LogP contribution < -0.4 is 14.9 Å². The molecule has 0 fully saturated rings. The molecule has 0 aliphatic rings. The Morgan fingerprint density at radius 1 is 1.06 bits per heavy atom. The predicted octanol–water partition coefficient (Wildman–Crippen LogP) is 6.76. The number of halogens is 4. The molecule has 0 atom stereocenters. The number of hydrogen-bond acceptors (Lipinski definition) is 4. The maximum absolute atomic E-state index is 12.2. The third-order valence-electron chi connectivity index (χ3n) is 4.10. The highest BCUT2D eigenvalue weighted by Gasteiger charge is 2.12. The Morgan fingerprint density at radius 3 is 2.45 bits per heavy atom. The molecule has 0 bridgehead atoms. The maximum Gasteiger partial charge on any atom is 0.272 e. The lowest BCUT2D eigenvalue weighted by molar-refractivity contribution is 0.0955. The SMILES string of the molecule is COc1cc(/C=N\NC(=O)c2ccc(Cl)cc2Cl)cc(Br)c1OCc1ccc(Cl)cc1. The van der Waals surface area contributed by atoms with Crippen molar-refractivity contribution >= 4 is 62.9 Å². The minimum atomic E-state index is -0.452. The topological polar surface area (TPSA) is 59.9 Å². The van der Waals surface area contributed by atoms with Crippen LogP contribution in [0.2, 0.25) is 15.1 Å². The minimum Gasteiger partial charge on any atom is -0.493 e. The first-order valence-corrected chi connectivity index (χ1v) is 10.8. The highest BCUT2D eigenvalue weighted by Crippen LogP contribution is 2.37. The van der Waals surface area contributed by atoms with Gasteiger partial charge in [-0.05, 0) is 69.5 Å². The molecule has 3 rings (SSSR count). The van der Waals surface area contributed by atoms with E-state index in [1.54, 1.807) is 37.4 Å². The molecule has 0 unspecified atom stereocenters. The average molecular weight is 543 g/mol. The number of ether oxygens (including phenoxy) is 2. The summed E-state index contributed by atoms with van der Waals surface area (Å²) in [6.45, 7) is 0.345. The number of rotatable bonds is 7. The number of hydrazone groups is 1. The monoisotopic (exact) mass is 540 g/mol. The fourth-order valence-corrected chi connectivity index (χ4v) is 3.78. The van der Waals surface area contributed by atoms with Crippen LogP contribution in [0.1, 0.15) is 21.5 Å². The van der Waals surface area contributed by atoms with E-state index in [1.807, 2.05) is 12.1 Å². The standard InChI is InChI=1S/C22H16BrCl3N2O3/c1-30-20-9-14(11-27-28-22(29)17-7-6-16(25)10-19(17)26)8-18(23)21(20)31-12-13-2-4-15(24)5-3-13/h2-11H,12H2,1H3,(H,28,29)/b27-11-. The Balaban J connectivity index is 1.69. The number of carbonyl (C=O) groups is 1. The molecule has 0 radical (unpaired) electrons. The Bertz CT molecular complexity index is 1120. The lowest BCUT2D eigenvalue weighted by atomic mass is 10.2. The van der Waals surface area contributed by atoms with Gasteiger partial charge in [0, 0.05) is 10.0 Å². The molecule has 3 aromatic carbocycles. The van der Waals surface area contributed by atoms with E-state index < -0.39 is 5.91 Å². The van der Waals surface area contributed by atoms with Crippen LogP contribution in [0.4, 0.5) is 0 Å². The van der Waals surface area contributed by atoms with E-state index in [9.17, 15) is 4.79 Å². The van der Waals surface area contributed by atoms with E-state index in [-0.39, 0.29) is 10.6 Å². The van der Waals surface area contributed by atoms with Crippen molar-refractivity contribution in [3.05, 3.63) is 90.8 Å². The number of methoxy groups -OCH3 is 1. The smallest absolute Gasteiger partial charge is 0.272 e. The van der Waals surface area contributed by atoms with Gasteiger partial charge in [0.1, 0.15) is 6.61 Å². The number of benzene rings is 3. The van der Waals surface area contributed by atoms with Gasteiger partial charge in [-0.1, -0.05) is 46.9 Å². The summed E-state index contributed by atoms with van der Waals surface area (Å²) in [5, 5.41) is 5.33. The summed E-state index contributed by atoms with van der Waals surface area (Å²) in [6, 6.07) is 15.5. The third kappa shape index (κ3) is 6.37. The van der Waals surface area contributed by atoms with Crippen LogP contribution >= 0.6 is 50.7 Å². The molecule has 5 nitrogen and oxygen atoms in total. The molecule has 0 aromatic heterocycles. The molecule has 0 saturated carbocycles. The van der Waals surface area contributed by atoms with Gasteiger partial charge in [0.15, 0.2) is 11.5 Å². The summed E-state index contributed by atoms with van der Waals surface area (Å²) < 4.78 is 12.0. The zero-order chi connectivity index (χ0) is 22.4. The van der Waals surface area contributed by atoms with E-state index in [4.69, 9.17) is 44.3 Å². The van der Waals surface area contributed by atoms with Crippen molar-refractivity contribution in [1.29, 1.82) is 0 Å². The van der Waals surface area contributed by atoms with Crippen molar-refractivity contribution in [3.8, 4) is 11.5 Å². The predicted molar refractivity (Wildman–Crippen MR) is 128 cm³/mol. The number of carbonyl (C=O) groups excluding carboxylic acids is 1. The van der Waals surface area contributed by atoms with Gasteiger partial charge in [0.05, 0.1) is 28.4 Å². The summed E-state index contributed by atoms with van der Waals surface area (Å²) in [7, 11) is 1.54. The summed E-state index contributed by atoms with van der Waals surface area (Å²) in [5.74, 6) is 0.607. The molecular formula is C22H16BrCl3N2O3. The number of amides is 1. The summed E-state index contributed by atoms with van der Waals surface area (Å²) >= 11 is 21.3. The second-order valence-electron chi connectivity index (χ2n) is 6.27. The van der Waals surface area contributed by atoms with Crippen molar-refractivity contribution in [1.82, 2.24) is 5.43 Å². The molecular weight excluding hydrogens is 527 g/mol. The molecule has 31 heavy (non-hydrogen) atoms. The van der Waals surface area contributed by atoms with Crippen LogP contribution in [-0.2, 0) is 6.61 Å². The lowest BCUT2D eigenvalue weighted by Crippen LogP contribution is -2.18. The molecule has 0 aliphatic carbocycles. The van der Waals surface area contributed by atoms with Crippen molar-refractivity contribution in [2.45, 2.75) is 6.61 Å². The minimum absolute atomic E-state index is 0.242. The summed E-state index contributed by atoms with van der Waals surface area (Å²) in [5.41, 5.74) is 4.36. The first-order chi connectivity index (χ1) is 14.9. The van der Waals surface area contributed by atoms with E-state index in [0.717, 1.165) is 5.56 Å². The van der Waals surface area contributed by atoms with Crippen molar-refractivity contribution < 1.29 is 14.3 Å². The molecule has 9 heteroatoms. The van der Waals surface area contributed by atoms with Crippen molar-refractivity contribution in [3.63, 3.8) is 0 Å². The van der Waals surface area contributed by atoms with Crippen LogP contribution in [-0.4, -0.2) is 19.2 Å². The van der Waals surface area contributed by atoms with Gasteiger partial charge in [-0.3, -0.25) is 4.79 Å². The van der Waals surface area contributed by atoms with Crippen LogP contribution in [0, 0.1) is 0 Å². The van der Waals surface area contributed by atoms with Gasteiger partial charge in [0.25, 0.3) is 5.91 Å². The van der Waals surface area contributed by atoms with Gasteiger partial charge in [-0.2, -0.15) is 5.10 Å². The normalized spacial score (nSPS) is 10.9. The molecule has 1 N–H and O–H groups in total. The van der Waals surface area contributed by atoms with Crippen LogP contribution in [0.3, 0.4) is 0 Å². The number of hydrogen-bond donors (Lipinski definition) is 1. The number of nitrogens with one attached hydrogen (secondary N) is 1. The fourth-order valence-electron chi connectivity index (χ4n) is 2.59. The fraction of sp³-hybridized carbons (Fsp3) is 0.0909. The second kappa shape index (κ2) is 10.9. The van der Waals surface area contributed by atoms with Gasteiger partial charge >= 0.3 is 0 Å². The maximum atomic E-state index is 12.2. The largest absolute Gasteiger partial charge is 0.493 e. The summed E-state index contributed by atoms with van der Waals surface area (Å²) in [6.07, 6.45) is 1.48. The molecule has 0 saturated heterocycles. The zero-order valence-corrected chi connectivity index (χ0v) is 20.0. The van der Waals surface area contributed by atoms with Crippen LogP contribution in [0.25, 0.3) is 0 Å². The van der Waals surface area contributed by atoms with Crippen molar-refractivity contribution in [2.24, 2.45) is 5.10 Å². The molecule has 160 valence electrons. The Morgan fingerprint density at radius 2 is 1.77 bits per heavy atom. The first kappa shape index (κ1) is 23.4. The Labute approximate surface area is 203 Å². The molecule has 3 aromatic rings. The Hall–Kier alpha value is -2.25. The number of nitrogens with zero attached hydrogens (tertiary/aromatic N) is 1. The Kier molecular flexibility index (Phi) is 8.21. The highest BCUT2D eigenvalue weighted by molar-refractivity contribution is 9.10. The van der Waals surface area contributed by atoms with Crippen LogP contribution in [0.5, 0.6) is 11.5 Å². The molecule has 0 heterocycles. The van der Waals surface area contributed by atoms with Gasteiger partial charge in [-0.15, -0.1) is 0 Å². The van der Waals surface area contributed by atoms with Gasteiger partial charge < -0.3 is 9.47 Å². The zero-order valence-electron chi connectivity index (χ0n) is 16.2. The average Bonchev–Trinajstić information content (AvgIpc) is 2.73. The second-order valence-corrected chi connectivity index (χ2v) is 8.41. The molecule has 0 aliphatic heterocycles. The lowest BCUT2D eigenvalue weighted by Gasteiger charge is -2.13. The van der Waals surface area contributed by atoms with E-state index in [1.165, 1.54) is 18.3 Å². The summed E-state index contributed by atoms with van der Waals surface area (Å²) in [4.78, 5) is 12.2. The van der Waals surface area contributed by atoms with Gasteiger partial charge in [0.2, 0.25) is 0 Å². The van der Waals surface area contributed by atoms with E-state index in [2.05, 4.69) is 26.5 Å².